The molecule has 12 atom stereocenters. The molecular formula is C44H72N4O5. The molecule has 9 nitrogen and oxygen atoms in total. The van der Waals surface area contributed by atoms with Gasteiger partial charge in [-0.15, -0.1) is 0 Å². The molecule has 6 aliphatic rings. The summed E-state index contributed by atoms with van der Waals surface area (Å²) in [6, 6.07) is -0.0367. The Morgan fingerprint density at radius 3 is 2.36 bits per heavy atom. The molecule has 4 aliphatic carbocycles. The first-order valence-electron chi connectivity index (χ1n) is 21.1. The Kier molecular flexibility index (Phi) is 9.76. The van der Waals surface area contributed by atoms with Crippen molar-refractivity contribution in [2.24, 2.45) is 67.8 Å². The number of aromatic nitrogens is 3. The molecule has 3 saturated carbocycles. The topological polar surface area (TPSA) is 122 Å². The number of nitrogens with two attached hydrogens (primary N) is 1. The standard InChI is InChI=1S/C44H72N4O5/c1-27(2)28(3)39(7)18-19-41(9)30-12-13-33-40(8)23-52-25-44(33,31(30)14-17-42(41,10)34(39)37(49)50)22-32(35(40)53-24-43(11,45)38(4,5)6)48-36(46-26-47-48)29-15-20-51-21-16-29/h14,26-30,32-35H,12-13,15-25,45H2,1-11H3,(H,49,50)/t28-,30+,32-,33+,34-,35+,39-,40-,41-,42+,43+,44+/m1/s1. The number of hydrogen-bond donors (Lipinski definition) is 2. The molecule has 0 spiro atoms. The normalized spacial score (nSPS) is 43.6. The van der Waals surface area contributed by atoms with Crippen molar-refractivity contribution in [2.75, 3.05) is 33.0 Å². The summed E-state index contributed by atoms with van der Waals surface area (Å²) in [5.74, 6) is 1.75. The first-order valence-corrected chi connectivity index (χ1v) is 21.1. The van der Waals surface area contributed by atoms with Crippen LogP contribution in [-0.4, -0.2) is 70.5 Å². The lowest BCUT2D eigenvalue weighted by Crippen LogP contribution is -2.69. The fourth-order valence-electron chi connectivity index (χ4n) is 13.4. The Hall–Kier alpha value is -1.81. The highest BCUT2D eigenvalue weighted by Crippen LogP contribution is 2.75. The van der Waals surface area contributed by atoms with Gasteiger partial charge < -0.3 is 25.1 Å². The van der Waals surface area contributed by atoms with Crippen molar-refractivity contribution in [3.05, 3.63) is 23.8 Å². The molecule has 53 heavy (non-hydrogen) atoms. The molecule has 0 radical (unpaired) electrons. The molecule has 7 rings (SSSR count). The fourth-order valence-corrected chi connectivity index (χ4v) is 13.4. The van der Waals surface area contributed by atoms with Crippen LogP contribution in [-0.2, 0) is 19.0 Å². The van der Waals surface area contributed by atoms with E-state index in [1.54, 1.807) is 11.9 Å². The number of fused-ring (bicyclic) bond motifs is 3. The zero-order valence-corrected chi connectivity index (χ0v) is 35.0. The fraction of sp³-hybridized carbons (Fsp3) is 0.886. The lowest BCUT2D eigenvalue weighted by atomic mass is 9.34. The van der Waals surface area contributed by atoms with Crippen molar-refractivity contribution in [3.8, 4) is 0 Å². The summed E-state index contributed by atoms with van der Waals surface area (Å²) in [5, 5.41) is 16.2. The van der Waals surface area contributed by atoms with E-state index in [-0.39, 0.29) is 44.6 Å². The second kappa shape index (κ2) is 13.1. The zero-order chi connectivity index (χ0) is 38.6. The first-order chi connectivity index (χ1) is 24.7. The van der Waals surface area contributed by atoms with Gasteiger partial charge in [-0.05, 0) is 104 Å². The van der Waals surface area contributed by atoms with Crippen LogP contribution in [0.1, 0.15) is 145 Å². The number of carbonyl (C=O) groups is 1. The summed E-state index contributed by atoms with van der Waals surface area (Å²) in [7, 11) is 0. The zero-order valence-electron chi connectivity index (χ0n) is 35.0. The van der Waals surface area contributed by atoms with E-state index in [1.807, 2.05) is 0 Å². The van der Waals surface area contributed by atoms with E-state index in [0.29, 0.717) is 49.4 Å². The molecule has 3 heterocycles. The minimum Gasteiger partial charge on any atom is -0.481 e. The number of carboxylic acids is 1. The van der Waals surface area contributed by atoms with Gasteiger partial charge in [-0.3, -0.25) is 4.79 Å². The summed E-state index contributed by atoms with van der Waals surface area (Å²) in [4.78, 5) is 18.5. The summed E-state index contributed by atoms with van der Waals surface area (Å²) < 4.78 is 22.1. The molecule has 298 valence electrons. The van der Waals surface area contributed by atoms with Gasteiger partial charge in [-0.25, -0.2) is 9.67 Å². The van der Waals surface area contributed by atoms with Crippen molar-refractivity contribution in [1.29, 1.82) is 0 Å². The predicted octanol–water partition coefficient (Wildman–Crippen LogP) is 8.45. The molecule has 0 aromatic carbocycles. The lowest BCUT2D eigenvalue weighted by molar-refractivity contribution is -0.253. The van der Waals surface area contributed by atoms with Crippen LogP contribution in [0.3, 0.4) is 0 Å². The van der Waals surface area contributed by atoms with Crippen molar-refractivity contribution in [1.82, 2.24) is 14.8 Å². The van der Waals surface area contributed by atoms with Crippen molar-refractivity contribution in [3.63, 3.8) is 0 Å². The van der Waals surface area contributed by atoms with E-state index in [1.165, 1.54) is 0 Å². The van der Waals surface area contributed by atoms with Crippen molar-refractivity contribution >= 4 is 5.97 Å². The Morgan fingerprint density at radius 2 is 1.72 bits per heavy atom. The molecule has 5 fully saturated rings. The van der Waals surface area contributed by atoms with Crippen molar-refractivity contribution in [2.45, 2.75) is 151 Å². The van der Waals surface area contributed by atoms with Gasteiger partial charge >= 0.3 is 5.97 Å². The third-order valence-corrected chi connectivity index (χ3v) is 17.9. The molecule has 9 heteroatoms. The maximum absolute atomic E-state index is 13.6. The van der Waals surface area contributed by atoms with E-state index in [2.05, 4.69) is 86.9 Å². The largest absolute Gasteiger partial charge is 0.481 e. The van der Waals surface area contributed by atoms with Crippen LogP contribution >= 0.6 is 0 Å². The predicted molar refractivity (Wildman–Crippen MR) is 207 cm³/mol. The van der Waals surface area contributed by atoms with Crippen LogP contribution < -0.4 is 5.73 Å². The highest BCUT2D eigenvalue weighted by molar-refractivity contribution is 5.73. The van der Waals surface area contributed by atoms with E-state index < -0.39 is 17.4 Å². The number of aliphatic carboxylic acids is 1. The lowest BCUT2D eigenvalue weighted by Gasteiger charge is -2.71. The van der Waals surface area contributed by atoms with Gasteiger partial charge in [0.1, 0.15) is 12.2 Å². The minimum absolute atomic E-state index is 0.0367. The number of carboxylic acid groups (broad SMARTS) is 1. The third-order valence-electron chi connectivity index (χ3n) is 17.9. The molecular weight excluding hydrogens is 665 g/mol. The summed E-state index contributed by atoms with van der Waals surface area (Å²) in [5.41, 5.74) is 6.67. The van der Waals surface area contributed by atoms with E-state index in [0.717, 1.165) is 70.4 Å². The van der Waals surface area contributed by atoms with Gasteiger partial charge in [0.15, 0.2) is 0 Å². The second-order valence-electron chi connectivity index (χ2n) is 21.5. The average molecular weight is 737 g/mol. The van der Waals surface area contributed by atoms with Crippen LogP contribution in [0.5, 0.6) is 0 Å². The number of ether oxygens (including phenoxy) is 3. The molecule has 2 bridgehead atoms. The second-order valence-corrected chi connectivity index (χ2v) is 21.5. The molecule has 2 aliphatic heterocycles. The Morgan fingerprint density at radius 1 is 1.02 bits per heavy atom. The first kappa shape index (κ1) is 39.4. The summed E-state index contributed by atoms with van der Waals surface area (Å²) in [6.07, 6.45) is 11.8. The van der Waals surface area contributed by atoms with Gasteiger partial charge in [-0.2, -0.15) is 5.10 Å². The number of nitrogens with zero attached hydrogens (tertiary/aromatic N) is 3. The molecule has 2 saturated heterocycles. The van der Waals surface area contributed by atoms with Gasteiger partial charge in [0.25, 0.3) is 0 Å². The molecule has 0 amide bonds. The van der Waals surface area contributed by atoms with Crippen LogP contribution in [0, 0.1) is 62.1 Å². The van der Waals surface area contributed by atoms with Crippen molar-refractivity contribution < 1.29 is 24.1 Å². The molecule has 0 unspecified atom stereocenters. The number of rotatable bonds is 8. The Balaban J connectivity index is 1.33. The SMILES string of the molecule is CC(C)[C@@H](C)[C@@]1(C)CC[C@]2(C)[C@H]3CC[C@@H]4[C@@]5(COC[C@@]4(C)[C@@H](OC[C@](C)(N)C(C)(C)C)[C@H](n4ncnc4C4CCOCC4)C5)C3=CC[C@@]2(C)[C@@H]1C(=O)O. The molecule has 1 aromatic heterocycles. The third kappa shape index (κ3) is 5.68. The Bertz CT molecular complexity index is 1570. The molecule has 3 N–H and O–H groups in total. The van der Waals surface area contributed by atoms with Crippen LogP contribution in [0.4, 0.5) is 0 Å². The van der Waals surface area contributed by atoms with Gasteiger partial charge in [0, 0.05) is 35.5 Å². The smallest absolute Gasteiger partial charge is 0.307 e. The summed E-state index contributed by atoms with van der Waals surface area (Å²) >= 11 is 0. The Labute approximate surface area is 319 Å². The number of allylic oxidation sites excluding steroid dienone is 1. The maximum Gasteiger partial charge on any atom is 0.307 e. The highest BCUT2D eigenvalue weighted by Gasteiger charge is 2.72. The van der Waals surface area contributed by atoms with E-state index >= 15 is 0 Å². The quantitative estimate of drug-likeness (QED) is 0.255. The van der Waals surface area contributed by atoms with Gasteiger partial charge in [0.2, 0.25) is 0 Å². The highest BCUT2D eigenvalue weighted by atomic mass is 16.5. The van der Waals surface area contributed by atoms with E-state index in [4.69, 9.17) is 30.0 Å². The summed E-state index contributed by atoms with van der Waals surface area (Å²) in [6.45, 7) is 28.3. The van der Waals surface area contributed by atoms with E-state index in [9.17, 15) is 9.90 Å². The minimum atomic E-state index is -0.614. The van der Waals surface area contributed by atoms with Gasteiger partial charge in [-0.1, -0.05) is 80.9 Å². The van der Waals surface area contributed by atoms with Gasteiger partial charge in [0.05, 0.1) is 37.9 Å². The van der Waals surface area contributed by atoms with Crippen LogP contribution in [0.15, 0.2) is 18.0 Å². The average Bonchev–Trinajstić information content (AvgIpc) is 3.57. The maximum atomic E-state index is 13.6. The van der Waals surface area contributed by atoms with Crippen LogP contribution in [0.2, 0.25) is 0 Å². The number of hydrogen-bond acceptors (Lipinski definition) is 7. The van der Waals surface area contributed by atoms with Crippen LogP contribution in [0.25, 0.3) is 0 Å². The monoisotopic (exact) mass is 737 g/mol. The molecule has 1 aromatic rings.